The minimum Gasteiger partial charge on any atom is -0.463 e. The Morgan fingerprint density at radius 1 is 1.20 bits per heavy atom. The highest BCUT2D eigenvalue weighted by Crippen LogP contribution is 2.46. The summed E-state index contributed by atoms with van der Waals surface area (Å²) in [5.41, 5.74) is -0.510. The van der Waals surface area contributed by atoms with E-state index in [1.165, 1.54) is 6.20 Å². The van der Waals surface area contributed by atoms with Crippen LogP contribution in [-0.2, 0) is 9.47 Å². The fourth-order valence-corrected chi connectivity index (χ4v) is 5.35. The van der Waals surface area contributed by atoms with Crippen molar-refractivity contribution in [3.63, 3.8) is 0 Å². The Balaban J connectivity index is 1.39. The number of rotatable bonds is 7. The van der Waals surface area contributed by atoms with Crippen molar-refractivity contribution in [1.82, 2.24) is 30.1 Å². The predicted molar refractivity (Wildman–Crippen MR) is 150 cm³/mol. The summed E-state index contributed by atoms with van der Waals surface area (Å²) < 4.78 is 32.3. The summed E-state index contributed by atoms with van der Waals surface area (Å²) >= 11 is 6.04. The van der Waals surface area contributed by atoms with E-state index in [4.69, 9.17) is 30.8 Å². The molecule has 1 saturated carbocycles. The molecule has 1 amide bonds. The summed E-state index contributed by atoms with van der Waals surface area (Å²) in [6.45, 7) is 12.5. The van der Waals surface area contributed by atoms with E-state index >= 15 is 4.39 Å². The van der Waals surface area contributed by atoms with E-state index in [9.17, 15) is 4.79 Å². The number of nitrogens with zero attached hydrogens (tertiary/aromatic N) is 6. The first-order valence-electron chi connectivity index (χ1n) is 13.9. The number of ether oxygens (including phenoxy) is 3. The number of halogens is 2. The largest absolute Gasteiger partial charge is 0.463 e. The highest BCUT2D eigenvalue weighted by Gasteiger charge is 2.45. The molecule has 2 saturated heterocycles. The van der Waals surface area contributed by atoms with Crippen molar-refractivity contribution in [2.75, 3.05) is 77.6 Å². The Bertz CT molecular complexity index is 1220. The van der Waals surface area contributed by atoms with E-state index in [1.807, 2.05) is 32.7 Å². The highest BCUT2D eigenvalue weighted by molar-refractivity contribution is 6.30. The van der Waals surface area contributed by atoms with Crippen molar-refractivity contribution >= 4 is 34.4 Å². The van der Waals surface area contributed by atoms with E-state index in [0.29, 0.717) is 44.0 Å². The summed E-state index contributed by atoms with van der Waals surface area (Å²) in [5, 5.41) is 3.16. The first kappa shape index (κ1) is 29.0. The van der Waals surface area contributed by atoms with Gasteiger partial charge < -0.3 is 29.3 Å². The van der Waals surface area contributed by atoms with E-state index in [-0.39, 0.29) is 28.1 Å². The zero-order chi connectivity index (χ0) is 28.5. The Labute approximate surface area is 239 Å². The predicted octanol–water partition coefficient (Wildman–Crippen LogP) is 2.95. The standard InChI is InChI=1S/C27H39ClFN7O4/c1-26(2,3)40-25(37)31-18-14-34(4)7-8-36(15-18)23-19-13-30-22(28)20(29)21(19)32-24(33-23)39-17-27(5-6-27)16-35-9-11-38-12-10-35/h13,18H,5-12,14-17H2,1-4H3,(H,31,37)/t18-/m1/s1. The van der Waals surface area contributed by atoms with Gasteiger partial charge in [0.05, 0.1) is 31.2 Å². The van der Waals surface area contributed by atoms with Gasteiger partial charge in [0.25, 0.3) is 0 Å². The molecule has 2 aromatic rings. The molecule has 3 aliphatic rings. The smallest absolute Gasteiger partial charge is 0.407 e. The number of carbonyl (C=O) groups excluding carboxylic acids is 1. The Hall–Kier alpha value is -2.54. The molecule has 0 radical (unpaired) electrons. The van der Waals surface area contributed by atoms with Crippen molar-refractivity contribution in [1.29, 1.82) is 0 Å². The number of carbonyl (C=O) groups is 1. The van der Waals surface area contributed by atoms with Crippen LogP contribution in [0.4, 0.5) is 15.0 Å². The van der Waals surface area contributed by atoms with Crippen LogP contribution in [0, 0.1) is 11.2 Å². The number of anilines is 1. The first-order chi connectivity index (χ1) is 19.0. The lowest BCUT2D eigenvalue weighted by atomic mass is 10.1. The van der Waals surface area contributed by atoms with Crippen molar-refractivity contribution in [2.45, 2.75) is 45.3 Å². The lowest BCUT2D eigenvalue weighted by Crippen LogP contribution is -2.48. The van der Waals surface area contributed by atoms with Crippen LogP contribution in [-0.4, -0.2) is 115 Å². The summed E-state index contributed by atoms with van der Waals surface area (Å²) in [4.78, 5) is 32.3. The second kappa shape index (κ2) is 11.8. The quantitative estimate of drug-likeness (QED) is 0.492. The Morgan fingerprint density at radius 3 is 2.65 bits per heavy atom. The molecule has 5 rings (SSSR count). The van der Waals surface area contributed by atoms with Crippen LogP contribution in [0.3, 0.4) is 0 Å². The summed E-state index contributed by atoms with van der Waals surface area (Å²) in [6.07, 6.45) is 3.13. The Morgan fingerprint density at radius 2 is 1.95 bits per heavy atom. The maximum absolute atomic E-state index is 15.2. The second-order valence-electron chi connectivity index (χ2n) is 12.2. The third kappa shape index (κ3) is 7.20. The van der Waals surface area contributed by atoms with Gasteiger partial charge in [-0.1, -0.05) is 11.6 Å². The number of nitrogens with one attached hydrogen (secondary N) is 1. The van der Waals surface area contributed by atoms with Gasteiger partial charge >= 0.3 is 12.1 Å². The number of alkyl carbamates (subject to hydrolysis) is 1. The van der Waals surface area contributed by atoms with Crippen LogP contribution < -0.4 is 15.0 Å². The van der Waals surface area contributed by atoms with Crippen molar-refractivity contribution in [2.24, 2.45) is 5.41 Å². The monoisotopic (exact) mass is 579 g/mol. The topological polar surface area (TPSA) is 105 Å². The zero-order valence-electron chi connectivity index (χ0n) is 23.7. The van der Waals surface area contributed by atoms with Crippen LogP contribution in [0.25, 0.3) is 10.9 Å². The number of likely N-dealkylation sites (N-methyl/N-ethyl adjacent to an activating group) is 1. The van der Waals surface area contributed by atoms with Crippen LogP contribution in [0.1, 0.15) is 33.6 Å². The van der Waals surface area contributed by atoms with Gasteiger partial charge in [0, 0.05) is 57.4 Å². The van der Waals surface area contributed by atoms with Gasteiger partial charge in [0.15, 0.2) is 11.0 Å². The first-order valence-corrected chi connectivity index (χ1v) is 14.3. The van der Waals surface area contributed by atoms with E-state index in [0.717, 1.165) is 45.7 Å². The third-order valence-corrected chi connectivity index (χ3v) is 7.74. The average Bonchev–Trinajstić information content (AvgIpc) is 3.68. The molecule has 13 heteroatoms. The van der Waals surface area contributed by atoms with Crippen LogP contribution in [0.5, 0.6) is 6.01 Å². The molecule has 3 fully saturated rings. The lowest BCUT2D eigenvalue weighted by Gasteiger charge is -2.30. The summed E-state index contributed by atoms with van der Waals surface area (Å²) in [7, 11) is 1.99. The van der Waals surface area contributed by atoms with Gasteiger partial charge in [-0.25, -0.2) is 14.2 Å². The maximum atomic E-state index is 15.2. The maximum Gasteiger partial charge on any atom is 0.407 e. The molecule has 220 valence electrons. The SMILES string of the molecule is CN1CCN(c2nc(OCC3(CN4CCOCC4)CC3)nc3c(F)c(Cl)ncc23)C[C@H](NC(=O)OC(C)(C)C)C1. The van der Waals surface area contributed by atoms with E-state index in [2.05, 4.69) is 25.1 Å². The fourth-order valence-electron chi connectivity index (χ4n) is 5.21. The molecule has 0 unspecified atom stereocenters. The second-order valence-corrected chi connectivity index (χ2v) is 12.5. The summed E-state index contributed by atoms with van der Waals surface area (Å²) in [5.74, 6) is -0.218. The molecule has 11 nitrogen and oxygen atoms in total. The number of pyridine rings is 1. The number of aromatic nitrogens is 3. The number of hydrogen-bond donors (Lipinski definition) is 1. The van der Waals surface area contributed by atoms with E-state index < -0.39 is 17.5 Å². The van der Waals surface area contributed by atoms with Crippen molar-refractivity contribution in [3.05, 3.63) is 17.2 Å². The van der Waals surface area contributed by atoms with E-state index in [1.54, 1.807) is 0 Å². The molecule has 2 aliphatic heterocycles. The van der Waals surface area contributed by atoms with Gasteiger partial charge in [0.1, 0.15) is 16.9 Å². The number of fused-ring (bicyclic) bond motifs is 1. The minimum absolute atomic E-state index is 0.0397. The van der Waals surface area contributed by atoms with Crippen molar-refractivity contribution in [3.8, 4) is 6.01 Å². The van der Waals surface area contributed by atoms with Crippen LogP contribution >= 0.6 is 11.6 Å². The number of morpholine rings is 1. The number of amides is 1. The molecule has 2 aromatic heterocycles. The molecule has 0 spiro atoms. The van der Waals surface area contributed by atoms with Gasteiger partial charge in [-0.15, -0.1) is 0 Å². The van der Waals surface area contributed by atoms with Gasteiger partial charge in [0.2, 0.25) is 0 Å². The minimum atomic E-state index is -0.711. The molecular formula is C27H39ClFN7O4. The van der Waals surface area contributed by atoms with Crippen molar-refractivity contribution < 1.29 is 23.4 Å². The van der Waals surface area contributed by atoms with Gasteiger partial charge in [-0.2, -0.15) is 9.97 Å². The van der Waals surface area contributed by atoms with Crippen LogP contribution in [0.2, 0.25) is 5.15 Å². The van der Waals surface area contributed by atoms with Gasteiger partial charge in [-0.05, 0) is 40.7 Å². The molecule has 4 heterocycles. The Kier molecular flexibility index (Phi) is 8.51. The third-order valence-electron chi connectivity index (χ3n) is 7.47. The average molecular weight is 580 g/mol. The molecular weight excluding hydrogens is 541 g/mol. The fraction of sp³-hybridized carbons (Fsp3) is 0.704. The molecule has 0 aromatic carbocycles. The highest BCUT2D eigenvalue weighted by atomic mass is 35.5. The molecule has 1 atom stereocenters. The molecule has 1 N–H and O–H groups in total. The van der Waals surface area contributed by atoms with Crippen LogP contribution in [0.15, 0.2) is 6.20 Å². The molecule has 1 aliphatic carbocycles. The lowest BCUT2D eigenvalue weighted by molar-refractivity contribution is 0.0231. The van der Waals surface area contributed by atoms with Gasteiger partial charge in [-0.3, -0.25) is 4.90 Å². The zero-order valence-corrected chi connectivity index (χ0v) is 24.5. The summed E-state index contributed by atoms with van der Waals surface area (Å²) in [6, 6.07) is -0.156. The number of hydrogen-bond acceptors (Lipinski definition) is 10. The normalized spacial score (nSPS) is 22.1. The molecule has 40 heavy (non-hydrogen) atoms. The molecule has 0 bridgehead atoms.